The van der Waals surface area contributed by atoms with E-state index in [9.17, 15) is 9.59 Å². The first-order valence-corrected chi connectivity index (χ1v) is 12.2. The van der Waals surface area contributed by atoms with E-state index in [1.807, 2.05) is 60.7 Å². The Bertz CT molecular complexity index is 1450. The molecule has 1 aliphatic rings. The van der Waals surface area contributed by atoms with E-state index < -0.39 is 0 Å². The van der Waals surface area contributed by atoms with Crippen LogP contribution in [0.25, 0.3) is 10.9 Å². The van der Waals surface area contributed by atoms with Crippen LogP contribution in [0.2, 0.25) is 0 Å². The molecule has 6 nitrogen and oxygen atoms in total. The van der Waals surface area contributed by atoms with Crippen molar-refractivity contribution in [3.05, 3.63) is 95.9 Å². The third-order valence-electron chi connectivity index (χ3n) is 5.91. The van der Waals surface area contributed by atoms with Crippen LogP contribution in [-0.2, 0) is 0 Å². The number of nitrogens with zero attached hydrogens (tertiary/aromatic N) is 4. The number of fused-ring (bicyclic) bond motifs is 1. The Hall–Kier alpha value is -4.02. The van der Waals surface area contributed by atoms with E-state index in [4.69, 9.17) is 0 Å². The van der Waals surface area contributed by atoms with Crippen LogP contribution in [-0.4, -0.2) is 52.7 Å². The first kappa shape index (κ1) is 22.8. The third-order valence-corrected chi connectivity index (χ3v) is 7.13. The molecular weight excluding hydrogens is 456 g/mol. The maximum Gasteiger partial charge on any atom is 0.328 e. The van der Waals surface area contributed by atoms with Gasteiger partial charge in [0.1, 0.15) is 0 Å². The minimum Gasteiger partial charge on any atom is -0.330 e. The van der Waals surface area contributed by atoms with E-state index in [1.54, 1.807) is 49.2 Å². The molecule has 0 N–H and O–H groups in total. The number of ketones is 1. The summed E-state index contributed by atoms with van der Waals surface area (Å²) in [7, 11) is 3.40. The molecule has 0 bridgehead atoms. The zero-order valence-corrected chi connectivity index (χ0v) is 20.3. The number of Topliss-reactive ketones (excluding diaryl/α,β-unsaturated/α-hetero) is 1. The fourth-order valence-electron chi connectivity index (χ4n) is 4.09. The highest BCUT2D eigenvalue weighted by molar-refractivity contribution is 8.00. The SMILES string of the molecule is CN(C)C(=O)n1cc(C(=O)C2CSN(c3cccnc3)C2)c2ccc(C#Cc3ccccc3)cc21. The third kappa shape index (κ3) is 4.66. The highest BCUT2D eigenvalue weighted by Crippen LogP contribution is 2.34. The first-order valence-electron chi connectivity index (χ1n) is 11.3. The minimum absolute atomic E-state index is 0.0438. The maximum atomic E-state index is 13.6. The fourth-order valence-corrected chi connectivity index (χ4v) is 5.24. The normalized spacial score (nSPS) is 15.0. The Morgan fingerprint density at radius 1 is 1.03 bits per heavy atom. The second kappa shape index (κ2) is 9.69. The van der Waals surface area contributed by atoms with Gasteiger partial charge < -0.3 is 9.21 Å². The summed E-state index contributed by atoms with van der Waals surface area (Å²) in [5, 5.41) is 0.764. The number of anilines is 1. The van der Waals surface area contributed by atoms with Crippen molar-refractivity contribution in [3.8, 4) is 11.8 Å². The molecule has 1 saturated heterocycles. The molecule has 1 aliphatic heterocycles. The smallest absolute Gasteiger partial charge is 0.328 e. The Morgan fingerprint density at radius 2 is 1.83 bits per heavy atom. The molecular formula is C28H24N4O2S. The predicted molar refractivity (Wildman–Crippen MR) is 141 cm³/mol. The maximum absolute atomic E-state index is 13.6. The summed E-state index contributed by atoms with van der Waals surface area (Å²) in [6.07, 6.45) is 5.22. The quantitative estimate of drug-likeness (QED) is 0.236. The van der Waals surface area contributed by atoms with E-state index in [1.165, 1.54) is 4.90 Å². The molecule has 0 radical (unpaired) electrons. The molecule has 5 rings (SSSR count). The van der Waals surface area contributed by atoms with Gasteiger partial charge in [0.2, 0.25) is 0 Å². The number of pyridine rings is 1. The second-order valence-electron chi connectivity index (χ2n) is 8.57. The zero-order valence-electron chi connectivity index (χ0n) is 19.5. The molecule has 174 valence electrons. The molecule has 1 unspecified atom stereocenters. The number of rotatable bonds is 3. The number of carbonyl (C=O) groups is 2. The summed E-state index contributed by atoms with van der Waals surface area (Å²) in [4.78, 5) is 32.3. The molecule has 35 heavy (non-hydrogen) atoms. The van der Waals surface area contributed by atoms with Crippen LogP contribution >= 0.6 is 11.9 Å². The van der Waals surface area contributed by atoms with Gasteiger partial charge in [-0.25, -0.2) is 4.79 Å². The second-order valence-corrected chi connectivity index (χ2v) is 9.60. The van der Waals surface area contributed by atoms with Crippen molar-refractivity contribution in [2.75, 3.05) is 30.7 Å². The van der Waals surface area contributed by atoms with Crippen LogP contribution in [0.1, 0.15) is 21.5 Å². The van der Waals surface area contributed by atoms with E-state index in [-0.39, 0.29) is 17.7 Å². The molecule has 1 amide bonds. The largest absolute Gasteiger partial charge is 0.330 e. The van der Waals surface area contributed by atoms with Gasteiger partial charge in [0.25, 0.3) is 0 Å². The van der Waals surface area contributed by atoms with E-state index in [0.717, 1.165) is 22.2 Å². The Kier molecular flexibility index (Phi) is 6.30. The lowest BCUT2D eigenvalue weighted by Crippen LogP contribution is -2.26. The lowest BCUT2D eigenvalue weighted by molar-refractivity contribution is 0.0942. The van der Waals surface area contributed by atoms with Crippen LogP contribution in [0.5, 0.6) is 0 Å². The molecule has 1 atom stereocenters. The van der Waals surface area contributed by atoms with Gasteiger partial charge in [0.05, 0.1) is 23.3 Å². The number of hydrogen-bond acceptors (Lipinski definition) is 5. The van der Waals surface area contributed by atoms with Crippen LogP contribution < -0.4 is 4.31 Å². The summed E-state index contributed by atoms with van der Waals surface area (Å²) in [6.45, 7) is 0.601. The zero-order chi connectivity index (χ0) is 24.4. The van der Waals surface area contributed by atoms with Crippen LogP contribution in [0.15, 0.2) is 79.3 Å². The van der Waals surface area contributed by atoms with Crippen LogP contribution in [0.4, 0.5) is 10.5 Å². The minimum atomic E-state index is -0.208. The Balaban J connectivity index is 1.49. The van der Waals surface area contributed by atoms with Gasteiger partial charge >= 0.3 is 6.03 Å². The number of amides is 1. The molecule has 0 saturated carbocycles. The summed E-state index contributed by atoms with van der Waals surface area (Å²) >= 11 is 1.63. The summed E-state index contributed by atoms with van der Waals surface area (Å²) in [5.74, 6) is 6.89. The van der Waals surface area contributed by atoms with Crippen molar-refractivity contribution in [1.29, 1.82) is 0 Å². The van der Waals surface area contributed by atoms with Crippen LogP contribution in [0.3, 0.4) is 0 Å². The molecule has 0 spiro atoms. The number of hydrogen-bond donors (Lipinski definition) is 0. The van der Waals surface area contributed by atoms with E-state index >= 15 is 0 Å². The van der Waals surface area contributed by atoms with Gasteiger partial charge in [-0.1, -0.05) is 36.1 Å². The van der Waals surface area contributed by atoms with Crippen molar-refractivity contribution >= 4 is 40.4 Å². The lowest BCUT2D eigenvalue weighted by atomic mass is 9.98. The standard InChI is InChI=1S/C28H24N4O2S/c1-30(2)28(34)31-18-25(27(33)22-17-32(35-19-22)23-9-6-14-29-16-23)24-13-12-21(15-26(24)31)11-10-20-7-4-3-5-8-20/h3-9,12-16,18,22H,17,19H2,1-2H3. The number of benzene rings is 2. The summed E-state index contributed by atoms with van der Waals surface area (Å²) in [5.41, 5.74) is 3.93. The topological polar surface area (TPSA) is 58.4 Å². The van der Waals surface area contributed by atoms with Gasteiger partial charge in [0, 0.05) is 60.9 Å². The number of carbonyl (C=O) groups excluding carboxylic acids is 2. The van der Waals surface area contributed by atoms with E-state index in [2.05, 4.69) is 21.1 Å². The molecule has 2 aromatic heterocycles. The van der Waals surface area contributed by atoms with Crippen molar-refractivity contribution in [2.24, 2.45) is 5.92 Å². The molecule has 4 aromatic rings. The van der Waals surface area contributed by atoms with E-state index in [0.29, 0.717) is 23.4 Å². The average molecular weight is 481 g/mol. The molecule has 0 aliphatic carbocycles. The number of aromatic nitrogens is 2. The fraction of sp³-hybridized carbons (Fsp3) is 0.179. The van der Waals surface area contributed by atoms with Gasteiger partial charge in [-0.3, -0.25) is 14.3 Å². The average Bonchev–Trinajstić information content (AvgIpc) is 3.53. The monoisotopic (exact) mass is 480 g/mol. The van der Waals surface area contributed by atoms with Crippen molar-refractivity contribution < 1.29 is 9.59 Å². The summed E-state index contributed by atoms with van der Waals surface area (Å²) < 4.78 is 3.66. The molecule has 2 aromatic carbocycles. The van der Waals surface area contributed by atoms with Gasteiger partial charge in [-0.15, -0.1) is 0 Å². The van der Waals surface area contributed by atoms with Crippen molar-refractivity contribution in [3.63, 3.8) is 0 Å². The van der Waals surface area contributed by atoms with Gasteiger partial charge in [-0.05, 0) is 48.3 Å². The Labute approximate surface area is 208 Å². The Morgan fingerprint density at radius 3 is 2.57 bits per heavy atom. The molecule has 1 fully saturated rings. The van der Waals surface area contributed by atoms with Crippen LogP contribution in [0, 0.1) is 17.8 Å². The highest BCUT2D eigenvalue weighted by Gasteiger charge is 2.32. The lowest BCUT2D eigenvalue weighted by Gasteiger charge is -2.15. The molecule has 3 heterocycles. The van der Waals surface area contributed by atoms with Crippen molar-refractivity contribution in [2.45, 2.75) is 0 Å². The first-order chi connectivity index (χ1) is 17.0. The van der Waals surface area contributed by atoms with Gasteiger partial charge in [0.15, 0.2) is 5.78 Å². The van der Waals surface area contributed by atoms with Gasteiger partial charge in [-0.2, -0.15) is 0 Å². The molecule has 7 heteroatoms. The highest BCUT2D eigenvalue weighted by atomic mass is 32.2. The summed E-state index contributed by atoms with van der Waals surface area (Å²) in [6, 6.07) is 19.1. The van der Waals surface area contributed by atoms with Crippen molar-refractivity contribution in [1.82, 2.24) is 14.5 Å². The predicted octanol–water partition coefficient (Wildman–Crippen LogP) is 4.93.